The minimum absolute atomic E-state index is 0.0393. The summed E-state index contributed by atoms with van der Waals surface area (Å²) in [5, 5.41) is 9.65. The van der Waals surface area contributed by atoms with Crippen LogP contribution in [-0.2, 0) is 17.8 Å². The van der Waals surface area contributed by atoms with Crippen molar-refractivity contribution in [2.75, 3.05) is 13.7 Å². The van der Waals surface area contributed by atoms with Crippen LogP contribution in [-0.4, -0.2) is 39.4 Å². The zero-order valence-corrected chi connectivity index (χ0v) is 19.6. The van der Waals surface area contributed by atoms with Gasteiger partial charge < -0.3 is 14.6 Å². The second-order valence-corrected chi connectivity index (χ2v) is 8.24. The summed E-state index contributed by atoms with van der Waals surface area (Å²) in [5.41, 5.74) is 2.62. The molecule has 3 heterocycles. The smallest absolute Gasteiger partial charge is 0.255 e. The van der Waals surface area contributed by atoms with E-state index in [-0.39, 0.29) is 35.3 Å². The highest BCUT2D eigenvalue weighted by atomic mass is 35.5. The van der Waals surface area contributed by atoms with E-state index in [9.17, 15) is 14.0 Å². The number of ether oxygens (including phenoxy) is 1. The summed E-state index contributed by atoms with van der Waals surface area (Å²) < 4.78 is 21.1. The van der Waals surface area contributed by atoms with Gasteiger partial charge in [-0.05, 0) is 23.3 Å². The van der Waals surface area contributed by atoms with Crippen LogP contribution in [0.4, 0.5) is 4.39 Å². The van der Waals surface area contributed by atoms with Gasteiger partial charge in [0.05, 0.1) is 47.6 Å². The number of hydrogen-bond donors (Lipinski definition) is 2. The lowest BCUT2D eigenvalue weighted by Crippen LogP contribution is -2.25. The molecule has 35 heavy (non-hydrogen) atoms. The molecule has 4 aromatic rings. The van der Waals surface area contributed by atoms with E-state index in [1.807, 2.05) is 30.3 Å². The average molecular weight is 496 g/mol. The van der Waals surface area contributed by atoms with E-state index >= 15 is 0 Å². The number of methoxy groups -OCH3 is 1. The standard InChI is InChI=1S/C25H23ClFN5O3/c1-35-15-19(17-7-5-16(6-8-17)14-32-11-3-2-4-22(32)33)24-18(12-30-31-24)25(34)29-13-21-23(27)20(26)9-10-28-21/h2-12,19H,13-15H2,1H3,(H,29,34)(H,30,31). The number of amides is 1. The molecule has 0 fully saturated rings. The van der Waals surface area contributed by atoms with Crippen molar-refractivity contribution in [1.29, 1.82) is 0 Å². The second-order valence-electron chi connectivity index (χ2n) is 7.84. The molecule has 2 N–H and O–H groups in total. The molecule has 0 bridgehead atoms. The number of H-pyrrole nitrogens is 1. The van der Waals surface area contributed by atoms with Crippen molar-refractivity contribution >= 4 is 17.5 Å². The maximum absolute atomic E-state index is 14.1. The Kier molecular flexibility index (Phi) is 7.69. The Balaban J connectivity index is 1.52. The lowest BCUT2D eigenvalue weighted by atomic mass is 9.93. The number of nitrogens with one attached hydrogen (secondary N) is 2. The Morgan fingerprint density at radius 3 is 2.77 bits per heavy atom. The highest BCUT2D eigenvalue weighted by Crippen LogP contribution is 2.27. The molecule has 0 aliphatic rings. The molecule has 1 amide bonds. The molecule has 0 spiro atoms. The molecule has 0 radical (unpaired) electrons. The quantitative estimate of drug-likeness (QED) is 0.370. The Morgan fingerprint density at radius 1 is 1.23 bits per heavy atom. The number of hydrogen-bond acceptors (Lipinski definition) is 5. The van der Waals surface area contributed by atoms with Gasteiger partial charge in [0.25, 0.3) is 11.5 Å². The van der Waals surface area contributed by atoms with Crippen molar-refractivity contribution in [3.05, 3.63) is 116 Å². The highest BCUT2D eigenvalue weighted by Gasteiger charge is 2.24. The summed E-state index contributed by atoms with van der Waals surface area (Å²) in [6.07, 6.45) is 4.61. The molecule has 180 valence electrons. The first-order chi connectivity index (χ1) is 17.0. The van der Waals surface area contributed by atoms with E-state index < -0.39 is 11.7 Å². The number of halogens is 2. The van der Waals surface area contributed by atoms with Gasteiger partial charge in [-0.25, -0.2) is 4.39 Å². The van der Waals surface area contributed by atoms with Gasteiger partial charge in [-0.1, -0.05) is 41.9 Å². The summed E-state index contributed by atoms with van der Waals surface area (Å²) >= 11 is 5.79. The summed E-state index contributed by atoms with van der Waals surface area (Å²) in [5.74, 6) is -1.44. The molecule has 4 rings (SSSR count). The summed E-state index contributed by atoms with van der Waals surface area (Å²) in [6, 6.07) is 14.1. The fraction of sp³-hybridized carbons (Fsp3) is 0.200. The largest absolute Gasteiger partial charge is 0.384 e. The third kappa shape index (κ3) is 5.64. The van der Waals surface area contributed by atoms with E-state index in [0.29, 0.717) is 17.8 Å². The molecule has 0 saturated carbocycles. The van der Waals surface area contributed by atoms with Crippen LogP contribution in [0.15, 0.2) is 71.9 Å². The van der Waals surface area contributed by atoms with Crippen molar-refractivity contribution in [3.8, 4) is 0 Å². The van der Waals surface area contributed by atoms with Gasteiger partial charge in [-0.15, -0.1) is 0 Å². The van der Waals surface area contributed by atoms with Crippen LogP contribution < -0.4 is 10.9 Å². The first-order valence-electron chi connectivity index (χ1n) is 10.8. The SMILES string of the molecule is COCC(c1ccc(Cn2ccccc2=O)cc1)c1n[nH]cc1C(=O)NCc1nccc(Cl)c1F. The molecule has 0 saturated heterocycles. The number of rotatable bonds is 9. The monoisotopic (exact) mass is 495 g/mol. The molecule has 1 atom stereocenters. The molecule has 1 unspecified atom stereocenters. The lowest BCUT2D eigenvalue weighted by molar-refractivity contribution is 0.0948. The number of nitrogens with zero attached hydrogens (tertiary/aromatic N) is 3. The molecule has 0 aliphatic carbocycles. The topological polar surface area (TPSA) is 102 Å². The van der Waals surface area contributed by atoms with Crippen LogP contribution in [0.1, 0.15) is 38.8 Å². The minimum Gasteiger partial charge on any atom is -0.384 e. The van der Waals surface area contributed by atoms with Crippen LogP contribution in [0.2, 0.25) is 5.02 Å². The lowest BCUT2D eigenvalue weighted by Gasteiger charge is -2.17. The zero-order valence-electron chi connectivity index (χ0n) is 18.9. The minimum atomic E-state index is -0.669. The van der Waals surface area contributed by atoms with Gasteiger partial charge in [-0.2, -0.15) is 5.10 Å². The first kappa shape index (κ1) is 24.3. The summed E-state index contributed by atoms with van der Waals surface area (Å²) in [6.45, 7) is 0.602. The zero-order chi connectivity index (χ0) is 24.8. The average Bonchev–Trinajstić information content (AvgIpc) is 3.35. The van der Waals surface area contributed by atoms with Gasteiger partial charge in [-0.3, -0.25) is 19.7 Å². The predicted octanol–water partition coefficient (Wildman–Crippen LogP) is 3.52. The molecule has 8 nitrogen and oxygen atoms in total. The molecular weight excluding hydrogens is 473 g/mol. The van der Waals surface area contributed by atoms with Gasteiger partial charge in [0.1, 0.15) is 0 Å². The molecule has 10 heteroatoms. The van der Waals surface area contributed by atoms with Crippen LogP contribution in [0.3, 0.4) is 0 Å². The van der Waals surface area contributed by atoms with Crippen LogP contribution in [0, 0.1) is 5.82 Å². The van der Waals surface area contributed by atoms with Gasteiger partial charge in [0.2, 0.25) is 0 Å². The maximum atomic E-state index is 14.1. The Hall–Kier alpha value is -3.82. The second kappa shape index (κ2) is 11.1. The summed E-state index contributed by atoms with van der Waals surface area (Å²) in [4.78, 5) is 28.8. The van der Waals surface area contributed by atoms with Crippen LogP contribution in [0.5, 0.6) is 0 Å². The predicted molar refractivity (Wildman–Crippen MR) is 129 cm³/mol. The normalized spacial score (nSPS) is 11.9. The third-order valence-electron chi connectivity index (χ3n) is 5.54. The van der Waals surface area contributed by atoms with E-state index in [1.54, 1.807) is 23.9 Å². The number of carbonyl (C=O) groups excluding carboxylic acids is 1. The summed E-state index contributed by atoms with van der Waals surface area (Å²) in [7, 11) is 1.57. The van der Waals surface area contributed by atoms with Crippen molar-refractivity contribution in [1.82, 2.24) is 25.1 Å². The number of aromatic nitrogens is 4. The Bertz CT molecular complexity index is 1370. The molecular formula is C25H23ClFN5O3. The van der Waals surface area contributed by atoms with E-state index in [1.165, 1.54) is 24.5 Å². The van der Waals surface area contributed by atoms with Crippen molar-refractivity contribution < 1.29 is 13.9 Å². The molecule has 1 aromatic carbocycles. The maximum Gasteiger partial charge on any atom is 0.255 e. The van der Waals surface area contributed by atoms with Gasteiger partial charge in [0.15, 0.2) is 5.82 Å². The number of aromatic amines is 1. The number of carbonyl (C=O) groups is 1. The van der Waals surface area contributed by atoms with Crippen LogP contribution >= 0.6 is 11.6 Å². The van der Waals surface area contributed by atoms with E-state index in [2.05, 4.69) is 20.5 Å². The first-order valence-corrected chi connectivity index (χ1v) is 11.2. The Morgan fingerprint density at radius 2 is 2.03 bits per heavy atom. The number of benzene rings is 1. The van der Waals surface area contributed by atoms with Gasteiger partial charge >= 0.3 is 0 Å². The fourth-order valence-electron chi connectivity index (χ4n) is 3.73. The number of pyridine rings is 2. The van der Waals surface area contributed by atoms with Crippen molar-refractivity contribution in [2.45, 2.75) is 19.0 Å². The van der Waals surface area contributed by atoms with E-state index in [4.69, 9.17) is 16.3 Å². The third-order valence-corrected chi connectivity index (χ3v) is 5.83. The van der Waals surface area contributed by atoms with Crippen LogP contribution in [0.25, 0.3) is 0 Å². The van der Waals surface area contributed by atoms with Gasteiger partial charge in [0, 0.05) is 31.8 Å². The fourth-order valence-corrected chi connectivity index (χ4v) is 3.90. The molecule has 3 aromatic heterocycles. The molecule has 0 aliphatic heterocycles. The van der Waals surface area contributed by atoms with E-state index in [0.717, 1.165) is 11.1 Å². The van der Waals surface area contributed by atoms with Crippen molar-refractivity contribution in [3.63, 3.8) is 0 Å². The highest BCUT2D eigenvalue weighted by molar-refractivity contribution is 6.30. The van der Waals surface area contributed by atoms with Crippen molar-refractivity contribution in [2.24, 2.45) is 0 Å². The Labute approximate surface area is 205 Å².